The van der Waals surface area contributed by atoms with Crippen molar-refractivity contribution in [1.29, 1.82) is 0 Å². The van der Waals surface area contributed by atoms with E-state index >= 15 is 0 Å². The number of ether oxygens (including phenoxy) is 2. The first-order chi connectivity index (χ1) is 18.2. The van der Waals surface area contributed by atoms with Crippen molar-refractivity contribution in [3.63, 3.8) is 0 Å². The highest BCUT2D eigenvalue weighted by Crippen LogP contribution is 2.35. The average molecular weight is 523 g/mol. The fraction of sp³-hybridized carbons (Fsp3) is 0.179. The number of carbonyl (C=O) groups is 1. The zero-order valence-corrected chi connectivity index (χ0v) is 20.1. The Morgan fingerprint density at radius 2 is 1.68 bits per heavy atom. The summed E-state index contributed by atoms with van der Waals surface area (Å²) in [6, 6.07) is 14.1. The van der Waals surface area contributed by atoms with Crippen molar-refractivity contribution in [2.24, 2.45) is 0 Å². The van der Waals surface area contributed by atoms with Crippen molar-refractivity contribution in [3.05, 3.63) is 101 Å². The quantitative estimate of drug-likeness (QED) is 0.278. The van der Waals surface area contributed by atoms with E-state index < -0.39 is 17.6 Å². The molecular formula is C28H21F4N3O3. The lowest BCUT2D eigenvalue weighted by molar-refractivity contribution is -0.137. The second-order valence-corrected chi connectivity index (χ2v) is 8.66. The molecule has 3 heterocycles. The number of rotatable bonds is 6. The van der Waals surface area contributed by atoms with Crippen LogP contribution in [-0.4, -0.2) is 34.4 Å². The molecule has 194 valence electrons. The Balaban J connectivity index is 1.39. The molecule has 0 fully saturated rings. The smallest absolute Gasteiger partial charge is 0.416 e. The van der Waals surface area contributed by atoms with Crippen molar-refractivity contribution in [1.82, 2.24) is 14.9 Å². The highest BCUT2D eigenvalue weighted by Gasteiger charge is 2.32. The van der Waals surface area contributed by atoms with Crippen LogP contribution in [0.1, 0.15) is 27.0 Å². The molecule has 2 aromatic carbocycles. The number of alkyl halides is 3. The Bertz CT molecular complexity index is 1490. The van der Waals surface area contributed by atoms with Crippen molar-refractivity contribution >= 4 is 5.91 Å². The number of nitrogens with zero attached hydrogens (tertiary/aromatic N) is 3. The Hall–Kier alpha value is -4.47. The van der Waals surface area contributed by atoms with Gasteiger partial charge in [0.25, 0.3) is 5.91 Å². The molecule has 0 saturated carbocycles. The van der Waals surface area contributed by atoms with Gasteiger partial charge in [0.05, 0.1) is 24.1 Å². The van der Waals surface area contributed by atoms with E-state index in [0.717, 1.165) is 29.0 Å². The van der Waals surface area contributed by atoms with Gasteiger partial charge in [-0.25, -0.2) is 4.39 Å². The zero-order chi connectivity index (χ0) is 26.9. The molecular weight excluding hydrogens is 502 g/mol. The monoisotopic (exact) mass is 523 g/mol. The Labute approximate surface area is 215 Å². The van der Waals surface area contributed by atoms with Crippen molar-refractivity contribution in [3.8, 4) is 28.6 Å². The molecule has 0 saturated heterocycles. The maximum absolute atomic E-state index is 13.8. The van der Waals surface area contributed by atoms with E-state index in [1.54, 1.807) is 18.1 Å². The summed E-state index contributed by atoms with van der Waals surface area (Å²) < 4.78 is 63.7. The van der Waals surface area contributed by atoms with Crippen molar-refractivity contribution in [2.75, 3.05) is 13.7 Å². The zero-order valence-electron chi connectivity index (χ0n) is 20.1. The van der Waals surface area contributed by atoms with Gasteiger partial charge in [-0.1, -0.05) is 12.1 Å². The van der Waals surface area contributed by atoms with Gasteiger partial charge in [0.1, 0.15) is 23.1 Å². The molecule has 38 heavy (non-hydrogen) atoms. The summed E-state index contributed by atoms with van der Waals surface area (Å²) in [6.07, 6.45) is -1.26. The molecule has 0 atom stereocenters. The van der Waals surface area contributed by atoms with Crippen LogP contribution < -0.4 is 9.47 Å². The molecule has 4 aromatic rings. The van der Waals surface area contributed by atoms with Gasteiger partial charge in [-0.15, -0.1) is 0 Å². The second kappa shape index (κ2) is 10.1. The van der Waals surface area contributed by atoms with Crippen LogP contribution in [0.2, 0.25) is 0 Å². The molecule has 1 amide bonds. The van der Waals surface area contributed by atoms with Gasteiger partial charge in [-0.3, -0.25) is 14.8 Å². The Morgan fingerprint density at radius 1 is 0.921 bits per heavy atom. The number of carbonyl (C=O) groups excluding carboxylic acids is 1. The van der Waals surface area contributed by atoms with E-state index in [4.69, 9.17) is 9.47 Å². The highest BCUT2D eigenvalue weighted by atomic mass is 19.4. The van der Waals surface area contributed by atoms with E-state index in [2.05, 4.69) is 9.97 Å². The molecule has 0 spiro atoms. The molecule has 5 rings (SSSR count). The summed E-state index contributed by atoms with van der Waals surface area (Å²) >= 11 is 0. The lowest BCUT2D eigenvalue weighted by atomic mass is 9.96. The van der Waals surface area contributed by atoms with Crippen LogP contribution in [0.25, 0.3) is 11.4 Å². The van der Waals surface area contributed by atoms with Crippen molar-refractivity contribution < 1.29 is 31.8 Å². The minimum absolute atomic E-state index is 0.141. The van der Waals surface area contributed by atoms with Gasteiger partial charge in [0.15, 0.2) is 0 Å². The number of pyridine rings is 2. The molecule has 0 bridgehead atoms. The van der Waals surface area contributed by atoms with Crippen LogP contribution in [0, 0.1) is 5.82 Å². The Morgan fingerprint density at radius 3 is 2.42 bits per heavy atom. The van der Waals surface area contributed by atoms with Gasteiger partial charge in [0.2, 0.25) is 0 Å². The molecule has 0 radical (unpaired) electrons. The number of hydrogen-bond acceptors (Lipinski definition) is 5. The van der Waals surface area contributed by atoms with Crippen LogP contribution in [-0.2, 0) is 19.1 Å². The van der Waals surface area contributed by atoms with Crippen LogP contribution in [0.3, 0.4) is 0 Å². The number of fused-ring (bicyclic) bond motifs is 1. The SMILES string of the molecule is COc1ccc(CN2CCc3c(ccnc3-c3cc(Oc4cc(F)cc(C(F)(F)F)c4)ccn3)C2=O)cc1. The minimum atomic E-state index is -4.72. The van der Waals surface area contributed by atoms with Crippen LogP contribution in [0.5, 0.6) is 17.2 Å². The predicted molar refractivity (Wildman–Crippen MR) is 130 cm³/mol. The normalized spacial score (nSPS) is 13.3. The largest absolute Gasteiger partial charge is 0.497 e. The minimum Gasteiger partial charge on any atom is -0.497 e. The van der Waals surface area contributed by atoms with E-state index in [9.17, 15) is 22.4 Å². The standard InChI is InChI=1S/C28H21F4N3O3/c1-37-20-4-2-17(3-5-20)16-35-11-8-23-24(27(35)36)7-10-34-26(23)25-15-21(6-9-33-25)38-22-13-18(28(30,31)32)12-19(29)14-22/h2-7,9-10,12-15H,8,11,16H2,1H3. The number of benzene rings is 2. The highest BCUT2D eigenvalue weighted by molar-refractivity contribution is 5.98. The molecule has 6 nitrogen and oxygen atoms in total. The van der Waals surface area contributed by atoms with Gasteiger partial charge >= 0.3 is 6.18 Å². The van der Waals surface area contributed by atoms with Crippen LogP contribution >= 0.6 is 0 Å². The van der Waals surface area contributed by atoms with Gasteiger partial charge < -0.3 is 14.4 Å². The van der Waals surface area contributed by atoms with E-state index in [1.807, 2.05) is 24.3 Å². The first kappa shape index (κ1) is 25.2. The summed E-state index contributed by atoms with van der Waals surface area (Å²) in [7, 11) is 1.59. The number of halogens is 4. The number of amides is 1. The molecule has 0 unspecified atom stereocenters. The molecule has 2 aromatic heterocycles. The van der Waals surface area contributed by atoms with Gasteiger partial charge in [-0.2, -0.15) is 13.2 Å². The third-order valence-electron chi connectivity index (χ3n) is 6.15. The third kappa shape index (κ3) is 5.29. The number of aromatic nitrogens is 2. The number of hydrogen-bond donors (Lipinski definition) is 0. The Kier molecular flexibility index (Phi) is 6.71. The molecule has 0 N–H and O–H groups in total. The van der Waals surface area contributed by atoms with E-state index in [0.29, 0.717) is 42.5 Å². The van der Waals surface area contributed by atoms with E-state index in [1.165, 1.54) is 24.5 Å². The number of methoxy groups -OCH3 is 1. The predicted octanol–water partition coefficient (Wildman–Crippen LogP) is 6.30. The third-order valence-corrected chi connectivity index (χ3v) is 6.15. The molecule has 10 heteroatoms. The fourth-order valence-electron chi connectivity index (χ4n) is 4.31. The van der Waals surface area contributed by atoms with E-state index in [-0.39, 0.29) is 17.4 Å². The summed E-state index contributed by atoms with van der Waals surface area (Å²) in [4.78, 5) is 23.8. The lowest BCUT2D eigenvalue weighted by Crippen LogP contribution is -2.37. The second-order valence-electron chi connectivity index (χ2n) is 8.66. The van der Waals surface area contributed by atoms with Crippen LogP contribution in [0.4, 0.5) is 17.6 Å². The average Bonchev–Trinajstić information content (AvgIpc) is 2.90. The van der Waals surface area contributed by atoms with Crippen molar-refractivity contribution in [2.45, 2.75) is 19.1 Å². The molecule has 1 aliphatic heterocycles. The first-order valence-electron chi connectivity index (χ1n) is 11.6. The summed E-state index contributed by atoms with van der Waals surface area (Å²) in [5.74, 6) is -0.631. The first-order valence-corrected chi connectivity index (χ1v) is 11.6. The molecule has 0 aliphatic carbocycles. The molecule has 1 aliphatic rings. The van der Waals surface area contributed by atoms with Gasteiger partial charge in [-0.05, 0) is 53.9 Å². The fourth-order valence-corrected chi connectivity index (χ4v) is 4.31. The summed E-state index contributed by atoms with van der Waals surface area (Å²) in [6.45, 7) is 0.908. The summed E-state index contributed by atoms with van der Waals surface area (Å²) in [5.41, 5.74) is 1.89. The maximum Gasteiger partial charge on any atom is 0.416 e. The topological polar surface area (TPSA) is 64.6 Å². The maximum atomic E-state index is 13.8. The van der Waals surface area contributed by atoms with Gasteiger partial charge in [0, 0.05) is 43.2 Å². The van der Waals surface area contributed by atoms with Crippen LogP contribution in [0.15, 0.2) is 73.1 Å². The lowest BCUT2D eigenvalue weighted by Gasteiger charge is -2.29. The summed E-state index contributed by atoms with van der Waals surface area (Å²) in [5, 5.41) is 0.